The van der Waals surface area contributed by atoms with E-state index in [-0.39, 0.29) is 52.0 Å². The second-order valence-corrected chi connectivity index (χ2v) is 10.7. The molecule has 1 aromatic heterocycles. The lowest BCUT2D eigenvalue weighted by molar-refractivity contribution is 0.0624. The van der Waals surface area contributed by atoms with E-state index < -0.39 is 29.1 Å². The van der Waals surface area contributed by atoms with Crippen LogP contribution in [0, 0.1) is 11.6 Å². The average Bonchev–Trinajstić information content (AvgIpc) is 3.76. The average molecular weight is 581 g/mol. The van der Waals surface area contributed by atoms with Crippen molar-refractivity contribution in [2.75, 3.05) is 26.2 Å². The summed E-state index contributed by atoms with van der Waals surface area (Å²) in [6.45, 7) is 1.41. The summed E-state index contributed by atoms with van der Waals surface area (Å²) >= 11 is 11.6. The van der Waals surface area contributed by atoms with Crippen molar-refractivity contribution in [3.8, 4) is 5.75 Å². The second kappa shape index (κ2) is 11.8. The number of aliphatic hydroxyl groups is 1. The van der Waals surface area contributed by atoms with Crippen molar-refractivity contribution in [3.05, 3.63) is 74.0 Å². The van der Waals surface area contributed by atoms with Gasteiger partial charge in [-0.3, -0.25) is 15.0 Å². The van der Waals surface area contributed by atoms with E-state index in [1.807, 2.05) is 9.58 Å². The van der Waals surface area contributed by atoms with Gasteiger partial charge in [0.1, 0.15) is 35.7 Å². The smallest absolute Gasteiger partial charge is 0.256 e. The standard InChI is InChI=1S/C27H28Cl2F2N4O4/c28-21-4-3-18(9-23(21)30)39-14-17(36)12-32-34-7-5-15(6-8-34)33-27(38)20-13-35(16-1-2-16)25-11-22(29)24(31)10-19(25)26(20)37/h3-4,9-11,13,15-17,32,36H,1-2,5-8,12,14H2,(H,33,38). The third kappa shape index (κ3) is 6.53. The number of nitrogens with zero attached hydrogens (tertiary/aromatic N) is 2. The van der Waals surface area contributed by atoms with Gasteiger partial charge in [-0.15, -0.1) is 0 Å². The minimum absolute atomic E-state index is 0.00228. The van der Waals surface area contributed by atoms with Crippen LogP contribution < -0.4 is 20.9 Å². The van der Waals surface area contributed by atoms with Gasteiger partial charge in [-0.05, 0) is 49.9 Å². The molecule has 2 aliphatic rings. The number of ether oxygens (including phenoxy) is 1. The Morgan fingerprint density at radius 2 is 1.79 bits per heavy atom. The van der Waals surface area contributed by atoms with Gasteiger partial charge in [-0.2, -0.15) is 0 Å². The molecule has 1 unspecified atom stereocenters. The first-order chi connectivity index (χ1) is 18.7. The highest BCUT2D eigenvalue weighted by Gasteiger charge is 2.28. The number of nitrogens with one attached hydrogen (secondary N) is 2. The van der Waals surface area contributed by atoms with Crippen LogP contribution in [-0.4, -0.2) is 59.0 Å². The molecule has 1 saturated heterocycles. The van der Waals surface area contributed by atoms with E-state index in [1.165, 1.54) is 18.2 Å². The number of benzene rings is 2. The Bertz CT molecular complexity index is 1440. The molecule has 208 valence electrons. The summed E-state index contributed by atoms with van der Waals surface area (Å²) in [6, 6.07) is 6.63. The molecule has 1 saturated carbocycles. The van der Waals surface area contributed by atoms with Gasteiger partial charge in [-0.1, -0.05) is 23.2 Å². The summed E-state index contributed by atoms with van der Waals surface area (Å²) in [6.07, 6.45) is 3.82. The summed E-state index contributed by atoms with van der Waals surface area (Å²) in [5, 5.41) is 15.2. The van der Waals surface area contributed by atoms with Crippen molar-refractivity contribution < 1.29 is 23.4 Å². The Hall–Kier alpha value is -2.76. The largest absolute Gasteiger partial charge is 0.491 e. The molecule has 1 atom stereocenters. The van der Waals surface area contributed by atoms with Crippen molar-refractivity contribution in [3.63, 3.8) is 0 Å². The lowest BCUT2D eigenvalue weighted by atomic mass is 10.0. The molecule has 5 rings (SSSR count). The zero-order valence-corrected chi connectivity index (χ0v) is 22.4. The van der Waals surface area contributed by atoms with Gasteiger partial charge in [-0.25, -0.2) is 13.8 Å². The zero-order valence-electron chi connectivity index (χ0n) is 20.9. The molecule has 3 aromatic rings. The van der Waals surface area contributed by atoms with Crippen molar-refractivity contribution >= 4 is 40.0 Å². The van der Waals surface area contributed by atoms with Gasteiger partial charge in [0.15, 0.2) is 0 Å². The molecule has 0 bridgehead atoms. The highest BCUT2D eigenvalue weighted by Crippen LogP contribution is 2.37. The maximum atomic E-state index is 14.1. The van der Waals surface area contributed by atoms with E-state index >= 15 is 0 Å². The van der Waals surface area contributed by atoms with Gasteiger partial charge in [0, 0.05) is 49.4 Å². The molecule has 2 aromatic carbocycles. The second-order valence-electron chi connectivity index (χ2n) is 9.93. The zero-order chi connectivity index (χ0) is 27.7. The number of aliphatic hydroxyl groups excluding tert-OH is 1. The van der Waals surface area contributed by atoms with E-state index in [2.05, 4.69) is 10.7 Å². The molecule has 0 spiro atoms. The number of aromatic nitrogens is 1. The van der Waals surface area contributed by atoms with Crippen molar-refractivity contribution in [2.24, 2.45) is 0 Å². The fourth-order valence-corrected chi connectivity index (χ4v) is 4.93. The summed E-state index contributed by atoms with van der Waals surface area (Å²) < 4.78 is 34.9. The topological polar surface area (TPSA) is 95.8 Å². The minimum atomic E-state index is -0.831. The van der Waals surface area contributed by atoms with Crippen molar-refractivity contribution in [1.82, 2.24) is 20.3 Å². The Morgan fingerprint density at radius 1 is 1.08 bits per heavy atom. The van der Waals surface area contributed by atoms with Gasteiger partial charge in [0.2, 0.25) is 5.43 Å². The molecular formula is C27H28Cl2F2N4O4. The maximum absolute atomic E-state index is 14.1. The third-order valence-corrected chi connectivity index (χ3v) is 7.57. The number of carbonyl (C=O) groups excluding carboxylic acids is 1. The van der Waals surface area contributed by atoms with Crippen LogP contribution in [0.4, 0.5) is 8.78 Å². The number of hydrazine groups is 1. The number of rotatable bonds is 9. The Balaban J connectivity index is 1.13. The number of halogens is 4. The first-order valence-corrected chi connectivity index (χ1v) is 13.5. The van der Waals surface area contributed by atoms with Crippen LogP contribution in [0.15, 0.2) is 41.3 Å². The normalized spacial score (nSPS) is 17.4. The summed E-state index contributed by atoms with van der Waals surface area (Å²) in [4.78, 5) is 26.2. The van der Waals surface area contributed by atoms with Gasteiger partial charge in [0.25, 0.3) is 5.91 Å². The molecular weight excluding hydrogens is 553 g/mol. The van der Waals surface area contributed by atoms with E-state index in [0.717, 1.165) is 25.0 Å². The highest BCUT2D eigenvalue weighted by atomic mass is 35.5. The molecule has 1 amide bonds. The van der Waals surface area contributed by atoms with Crippen LogP contribution in [0.1, 0.15) is 42.1 Å². The molecule has 8 nitrogen and oxygen atoms in total. The van der Waals surface area contributed by atoms with Crippen molar-refractivity contribution in [2.45, 2.75) is 43.9 Å². The summed E-state index contributed by atoms with van der Waals surface area (Å²) in [5.74, 6) is -1.50. The number of pyridine rings is 1. The predicted molar refractivity (Wildman–Crippen MR) is 144 cm³/mol. The summed E-state index contributed by atoms with van der Waals surface area (Å²) in [7, 11) is 0. The monoisotopic (exact) mass is 580 g/mol. The molecule has 12 heteroatoms. The van der Waals surface area contributed by atoms with Crippen molar-refractivity contribution in [1.29, 1.82) is 0 Å². The lowest BCUT2D eigenvalue weighted by Crippen LogP contribution is -2.51. The highest BCUT2D eigenvalue weighted by molar-refractivity contribution is 6.31. The lowest BCUT2D eigenvalue weighted by Gasteiger charge is -2.33. The van der Waals surface area contributed by atoms with E-state index in [9.17, 15) is 23.5 Å². The van der Waals surface area contributed by atoms with Gasteiger partial charge in [0.05, 0.1) is 15.6 Å². The van der Waals surface area contributed by atoms with Crippen LogP contribution in [0.2, 0.25) is 10.0 Å². The first kappa shape index (κ1) is 27.8. The van der Waals surface area contributed by atoms with Crippen LogP contribution >= 0.6 is 23.2 Å². The van der Waals surface area contributed by atoms with Gasteiger partial charge >= 0.3 is 0 Å². The predicted octanol–water partition coefficient (Wildman–Crippen LogP) is 4.06. The third-order valence-electron chi connectivity index (χ3n) is 6.97. The molecule has 3 N–H and O–H groups in total. The Labute approximate surface area is 233 Å². The molecule has 2 fully saturated rings. The number of amides is 1. The van der Waals surface area contributed by atoms with Crippen LogP contribution in [-0.2, 0) is 0 Å². The Kier molecular flexibility index (Phi) is 8.39. The maximum Gasteiger partial charge on any atom is 0.256 e. The Morgan fingerprint density at radius 3 is 2.49 bits per heavy atom. The fourth-order valence-electron chi connectivity index (χ4n) is 4.66. The molecule has 1 aliphatic heterocycles. The van der Waals surface area contributed by atoms with Crippen LogP contribution in [0.5, 0.6) is 5.75 Å². The van der Waals surface area contributed by atoms with Gasteiger partial charge < -0.3 is 19.7 Å². The SMILES string of the molecule is O=C(NC1CCN(NCC(O)COc2ccc(Cl)c(F)c2)CC1)c1cn(C2CC2)c2cc(Cl)c(F)cc2c1=O. The van der Waals surface area contributed by atoms with E-state index in [1.54, 1.807) is 6.20 Å². The first-order valence-electron chi connectivity index (χ1n) is 12.8. The van der Waals surface area contributed by atoms with Crippen LogP contribution in [0.25, 0.3) is 10.9 Å². The number of piperidine rings is 1. The number of hydrogen-bond donors (Lipinski definition) is 3. The number of hydrogen-bond acceptors (Lipinski definition) is 6. The quantitative estimate of drug-likeness (QED) is 0.353. The fraction of sp³-hybridized carbons (Fsp3) is 0.407. The molecule has 39 heavy (non-hydrogen) atoms. The minimum Gasteiger partial charge on any atom is -0.491 e. The number of fused-ring (bicyclic) bond motifs is 1. The van der Waals surface area contributed by atoms with E-state index in [0.29, 0.717) is 31.4 Å². The number of carbonyl (C=O) groups is 1. The van der Waals surface area contributed by atoms with E-state index in [4.69, 9.17) is 27.9 Å². The van der Waals surface area contributed by atoms with Crippen LogP contribution in [0.3, 0.4) is 0 Å². The summed E-state index contributed by atoms with van der Waals surface area (Å²) in [5.41, 5.74) is 3.14. The molecule has 2 heterocycles. The molecule has 0 radical (unpaired) electrons. The molecule has 1 aliphatic carbocycles.